The van der Waals surface area contributed by atoms with Gasteiger partial charge in [0.05, 0.1) is 5.75 Å². The number of carbonyl (C=O) groups excluding carboxylic acids is 1. The smallest absolute Gasteiger partial charge is 0.251 e. The largest absolute Gasteiger partial charge is 0.349 e. The topological polar surface area (TPSA) is 66.5 Å². The fourth-order valence-electron chi connectivity index (χ4n) is 4.21. The average Bonchev–Trinajstić information content (AvgIpc) is 2.81. The number of piperidine rings is 1. The van der Waals surface area contributed by atoms with Crippen LogP contribution in [0.15, 0.2) is 18.2 Å². The number of nitrogens with one attached hydrogen (secondary N) is 1. The summed E-state index contributed by atoms with van der Waals surface area (Å²) in [4.78, 5) is 12.7. The fourth-order valence-corrected chi connectivity index (χ4v) is 6.18. The van der Waals surface area contributed by atoms with Gasteiger partial charge in [0.15, 0.2) is 0 Å². The molecule has 0 aromatic heterocycles. The van der Waals surface area contributed by atoms with Crippen LogP contribution in [0, 0.1) is 18.8 Å². The molecule has 1 aromatic carbocycles. The Balaban J connectivity index is 1.68. The van der Waals surface area contributed by atoms with Gasteiger partial charge >= 0.3 is 0 Å². The number of unbranched alkanes of at least 4 members (excludes halogenated alkanes) is 1. The number of hydrogen-bond donors (Lipinski definition) is 1. The Bertz CT molecular complexity index is 767. The van der Waals surface area contributed by atoms with Gasteiger partial charge < -0.3 is 5.32 Å². The normalized spacial score (nSPS) is 26.0. The van der Waals surface area contributed by atoms with Gasteiger partial charge in [-0.2, -0.15) is 0 Å². The van der Waals surface area contributed by atoms with E-state index in [4.69, 9.17) is 11.6 Å². The average molecular weight is 399 g/mol. The Morgan fingerprint density at radius 3 is 2.50 bits per heavy atom. The van der Waals surface area contributed by atoms with Crippen LogP contribution in [0.25, 0.3) is 0 Å². The predicted octanol–water partition coefficient (Wildman–Crippen LogP) is 3.22. The summed E-state index contributed by atoms with van der Waals surface area (Å²) in [6.07, 6.45) is 3.51. The van der Waals surface area contributed by atoms with Gasteiger partial charge in [-0.25, -0.2) is 12.7 Å². The lowest BCUT2D eigenvalue weighted by Gasteiger charge is -2.37. The highest BCUT2D eigenvalue weighted by Gasteiger charge is 2.45. The summed E-state index contributed by atoms with van der Waals surface area (Å²) >= 11 is 5.97. The SMILES string of the molecule is CCCCS(=O)(=O)N1C[C@H]2CC[C@@H](C1)C2NC(=O)c1ccc(Cl)cc1C. The number of aryl methyl sites for hydroxylation is 1. The number of benzene rings is 1. The van der Waals surface area contributed by atoms with E-state index < -0.39 is 10.0 Å². The van der Waals surface area contributed by atoms with E-state index in [0.29, 0.717) is 30.1 Å². The highest BCUT2D eigenvalue weighted by atomic mass is 35.5. The first kappa shape index (κ1) is 19.6. The van der Waals surface area contributed by atoms with Crippen molar-refractivity contribution in [1.82, 2.24) is 9.62 Å². The first-order valence-electron chi connectivity index (χ1n) is 9.36. The minimum atomic E-state index is -3.18. The summed E-state index contributed by atoms with van der Waals surface area (Å²) < 4.78 is 26.7. The lowest BCUT2D eigenvalue weighted by atomic mass is 9.93. The van der Waals surface area contributed by atoms with E-state index >= 15 is 0 Å². The van der Waals surface area contributed by atoms with Crippen LogP contribution in [-0.2, 0) is 10.0 Å². The number of sulfonamides is 1. The molecule has 26 heavy (non-hydrogen) atoms. The molecular formula is C19H27ClN2O3S. The van der Waals surface area contributed by atoms with E-state index in [1.165, 1.54) is 0 Å². The van der Waals surface area contributed by atoms with E-state index in [1.807, 2.05) is 13.8 Å². The maximum Gasteiger partial charge on any atom is 0.251 e. The Morgan fingerprint density at radius 1 is 1.27 bits per heavy atom. The molecule has 0 radical (unpaired) electrons. The first-order chi connectivity index (χ1) is 12.3. The van der Waals surface area contributed by atoms with Gasteiger partial charge in [0.2, 0.25) is 10.0 Å². The second-order valence-corrected chi connectivity index (χ2v) is 10.1. The molecule has 5 nitrogen and oxygen atoms in total. The molecule has 3 rings (SSSR count). The van der Waals surface area contributed by atoms with Crippen LogP contribution in [0.5, 0.6) is 0 Å². The van der Waals surface area contributed by atoms with Crippen LogP contribution in [0.4, 0.5) is 0 Å². The zero-order valence-corrected chi connectivity index (χ0v) is 16.9. The van der Waals surface area contributed by atoms with Gasteiger partial charge in [-0.15, -0.1) is 0 Å². The molecule has 3 atom stereocenters. The molecule has 2 aliphatic rings. The minimum absolute atomic E-state index is 0.0511. The zero-order chi connectivity index (χ0) is 18.9. The molecule has 1 aliphatic heterocycles. The van der Waals surface area contributed by atoms with Crippen LogP contribution in [-0.4, -0.2) is 43.5 Å². The van der Waals surface area contributed by atoms with Crippen molar-refractivity contribution in [3.8, 4) is 0 Å². The predicted molar refractivity (Wildman–Crippen MR) is 104 cm³/mol. The summed E-state index contributed by atoms with van der Waals surface area (Å²) in [6, 6.07) is 5.31. The van der Waals surface area contributed by atoms with Gasteiger partial charge in [-0.05, 0) is 61.8 Å². The van der Waals surface area contributed by atoms with E-state index in [1.54, 1.807) is 22.5 Å². The highest BCUT2D eigenvalue weighted by molar-refractivity contribution is 7.89. The van der Waals surface area contributed by atoms with Gasteiger partial charge in [-0.1, -0.05) is 24.9 Å². The summed E-state index contributed by atoms with van der Waals surface area (Å²) in [5, 5.41) is 3.78. The lowest BCUT2D eigenvalue weighted by molar-refractivity contribution is 0.0887. The van der Waals surface area contributed by atoms with Crippen LogP contribution in [0.2, 0.25) is 5.02 Å². The van der Waals surface area contributed by atoms with Crippen molar-refractivity contribution >= 4 is 27.5 Å². The van der Waals surface area contributed by atoms with E-state index in [9.17, 15) is 13.2 Å². The van der Waals surface area contributed by atoms with Crippen LogP contribution >= 0.6 is 11.6 Å². The molecule has 1 saturated carbocycles. The van der Waals surface area contributed by atoms with Crippen molar-refractivity contribution in [3.63, 3.8) is 0 Å². The van der Waals surface area contributed by atoms with Crippen LogP contribution in [0.3, 0.4) is 0 Å². The first-order valence-corrected chi connectivity index (χ1v) is 11.4. The monoisotopic (exact) mass is 398 g/mol. The number of hydrogen-bond acceptors (Lipinski definition) is 3. The van der Waals surface area contributed by atoms with Gasteiger partial charge in [0.25, 0.3) is 5.91 Å². The molecule has 1 amide bonds. The van der Waals surface area contributed by atoms with Crippen molar-refractivity contribution in [2.45, 2.75) is 45.6 Å². The summed E-state index contributed by atoms with van der Waals surface area (Å²) in [6.45, 7) is 4.91. The fraction of sp³-hybridized carbons (Fsp3) is 0.632. The second kappa shape index (κ2) is 7.87. The quantitative estimate of drug-likeness (QED) is 0.800. The van der Waals surface area contributed by atoms with Crippen molar-refractivity contribution in [2.75, 3.05) is 18.8 Å². The number of carbonyl (C=O) groups is 1. The third-order valence-electron chi connectivity index (χ3n) is 5.68. The highest BCUT2D eigenvalue weighted by Crippen LogP contribution is 2.38. The molecule has 1 aliphatic carbocycles. The molecule has 2 fully saturated rings. The molecule has 7 heteroatoms. The number of amides is 1. The van der Waals surface area contributed by atoms with Crippen molar-refractivity contribution < 1.29 is 13.2 Å². The van der Waals surface area contributed by atoms with Crippen LogP contribution in [0.1, 0.15) is 48.5 Å². The molecule has 1 aromatic rings. The number of fused-ring (bicyclic) bond motifs is 2. The molecular weight excluding hydrogens is 372 g/mol. The van der Waals surface area contributed by atoms with Crippen LogP contribution < -0.4 is 5.32 Å². The lowest BCUT2D eigenvalue weighted by Crippen LogP contribution is -2.54. The Morgan fingerprint density at radius 2 is 1.92 bits per heavy atom. The second-order valence-electron chi connectivity index (χ2n) is 7.54. The molecule has 1 saturated heterocycles. The maximum atomic E-state index is 12.7. The van der Waals surface area contributed by atoms with Crippen molar-refractivity contribution in [2.24, 2.45) is 11.8 Å². The van der Waals surface area contributed by atoms with Gasteiger partial charge in [0, 0.05) is 29.7 Å². The summed E-state index contributed by atoms with van der Waals surface area (Å²) in [5.74, 6) is 0.524. The molecule has 1 heterocycles. The van der Waals surface area contributed by atoms with Gasteiger partial charge in [0.1, 0.15) is 0 Å². The molecule has 1 N–H and O–H groups in total. The van der Waals surface area contributed by atoms with E-state index in [-0.39, 0.29) is 29.5 Å². The third-order valence-corrected chi connectivity index (χ3v) is 7.80. The third kappa shape index (κ3) is 4.07. The minimum Gasteiger partial charge on any atom is -0.349 e. The standard InChI is InChI=1S/C19H27ClN2O3S/c1-3-4-9-26(24,25)22-11-14-5-6-15(12-22)18(14)21-19(23)17-8-7-16(20)10-13(17)2/h7-8,10,14-15,18H,3-6,9,11-12H2,1-2H3,(H,21,23)/t14-,15+,18?. The molecule has 0 spiro atoms. The maximum absolute atomic E-state index is 12.7. The number of rotatable bonds is 6. The van der Waals surface area contributed by atoms with E-state index in [0.717, 1.165) is 24.8 Å². The number of nitrogens with zero attached hydrogens (tertiary/aromatic N) is 1. The summed E-state index contributed by atoms with van der Waals surface area (Å²) in [5.41, 5.74) is 1.48. The Labute approximate surface area is 161 Å². The van der Waals surface area contributed by atoms with Crippen molar-refractivity contribution in [1.29, 1.82) is 0 Å². The van der Waals surface area contributed by atoms with E-state index in [2.05, 4.69) is 5.32 Å². The molecule has 144 valence electrons. The zero-order valence-electron chi connectivity index (χ0n) is 15.4. The molecule has 2 bridgehead atoms. The Kier molecular flexibility index (Phi) is 5.94. The summed E-state index contributed by atoms with van der Waals surface area (Å²) in [7, 11) is -3.18. The number of halogens is 1. The molecule has 1 unspecified atom stereocenters. The Hall–Kier alpha value is -1.11. The van der Waals surface area contributed by atoms with Gasteiger partial charge in [-0.3, -0.25) is 4.79 Å². The van der Waals surface area contributed by atoms with Crippen molar-refractivity contribution in [3.05, 3.63) is 34.3 Å².